The van der Waals surface area contributed by atoms with Crippen LogP contribution in [-0.2, 0) is 4.74 Å². The third kappa shape index (κ3) is 3.08. The van der Waals surface area contributed by atoms with Crippen LogP contribution >= 0.6 is 0 Å². The van der Waals surface area contributed by atoms with E-state index in [9.17, 15) is 4.79 Å². The van der Waals surface area contributed by atoms with Crippen LogP contribution in [0.25, 0.3) is 0 Å². The number of carbonyl (C=O) groups is 1. The summed E-state index contributed by atoms with van der Waals surface area (Å²) in [6.45, 7) is 5.03. The molecule has 0 bridgehead atoms. The molecule has 0 unspecified atom stereocenters. The van der Waals surface area contributed by atoms with Gasteiger partial charge in [-0.15, -0.1) is 0 Å². The minimum absolute atomic E-state index is 0.0108. The number of hydrogen-bond acceptors (Lipinski definition) is 4. The molecule has 0 saturated carbocycles. The van der Waals surface area contributed by atoms with Gasteiger partial charge in [0, 0.05) is 24.2 Å². The van der Waals surface area contributed by atoms with E-state index >= 15 is 0 Å². The lowest BCUT2D eigenvalue weighted by atomic mass is 10.1. The highest BCUT2D eigenvalue weighted by atomic mass is 16.5. The molecule has 0 aromatic heterocycles. The number of amidine groups is 1. The topological polar surface area (TPSA) is 88.2 Å². The Hall–Kier alpha value is -2.08. The van der Waals surface area contributed by atoms with Crippen molar-refractivity contribution in [3.8, 4) is 0 Å². The second-order valence-corrected chi connectivity index (χ2v) is 5.03. The molecule has 1 fully saturated rings. The van der Waals surface area contributed by atoms with Crippen molar-refractivity contribution in [2.24, 2.45) is 10.9 Å². The molecule has 20 heavy (non-hydrogen) atoms. The molecule has 1 saturated heterocycles. The average Bonchev–Trinajstić information content (AvgIpc) is 2.44. The number of nitrogens with zero attached hydrogens (tertiary/aromatic N) is 2. The van der Waals surface area contributed by atoms with Crippen molar-refractivity contribution < 1.29 is 14.7 Å². The Labute approximate surface area is 117 Å². The fourth-order valence-electron chi connectivity index (χ4n) is 2.40. The van der Waals surface area contributed by atoms with E-state index in [0.717, 1.165) is 0 Å². The van der Waals surface area contributed by atoms with E-state index in [-0.39, 0.29) is 24.0 Å². The van der Waals surface area contributed by atoms with Crippen LogP contribution in [0.5, 0.6) is 0 Å². The molecular formula is C14H19N3O3. The lowest BCUT2D eigenvalue weighted by Gasteiger charge is -2.35. The predicted octanol–water partition coefficient (Wildman–Crippen LogP) is 1.03. The third-order valence-corrected chi connectivity index (χ3v) is 3.22. The first-order chi connectivity index (χ1) is 9.51. The van der Waals surface area contributed by atoms with Crippen molar-refractivity contribution in [3.05, 3.63) is 35.4 Å². The van der Waals surface area contributed by atoms with Crippen molar-refractivity contribution in [3.63, 3.8) is 0 Å². The molecule has 1 aliphatic rings. The molecule has 1 aliphatic heterocycles. The van der Waals surface area contributed by atoms with Crippen LogP contribution in [0.2, 0.25) is 0 Å². The third-order valence-electron chi connectivity index (χ3n) is 3.22. The van der Waals surface area contributed by atoms with E-state index in [1.165, 1.54) is 0 Å². The molecule has 6 nitrogen and oxygen atoms in total. The zero-order chi connectivity index (χ0) is 14.7. The Bertz CT molecular complexity index is 520. The Morgan fingerprint density at radius 3 is 2.55 bits per heavy atom. The first-order valence-electron chi connectivity index (χ1n) is 6.54. The van der Waals surface area contributed by atoms with Gasteiger partial charge in [0.15, 0.2) is 5.84 Å². The van der Waals surface area contributed by atoms with Crippen molar-refractivity contribution in [2.75, 3.05) is 13.1 Å². The van der Waals surface area contributed by atoms with Crippen molar-refractivity contribution in [1.82, 2.24) is 4.90 Å². The summed E-state index contributed by atoms with van der Waals surface area (Å²) in [5.41, 5.74) is 6.59. The molecule has 6 heteroatoms. The number of amides is 1. The van der Waals surface area contributed by atoms with E-state index in [4.69, 9.17) is 15.7 Å². The molecule has 0 radical (unpaired) electrons. The molecule has 3 N–H and O–H groups in total. The van der Waals surface area contributed by atoms with Gasteiger partial charge in [0.05, 0.1) is 12.2 Å². The van der Waals surface area contributed by atoms with Crippen LogP contribution in [0, 0.1) is 0 Å². The van der Waals surface area contributed by atoms with E-state index < -0.39 is 0 Å². The number of benzene rings is 1. The number of morpholine rings is 1. The highest BCUT2D eigenvalue weighted by Crippen LogP contribution is 2.15. The first-order valence-corrected chi connectivity index (χ1v) is 6.54. The molecular weight excluding hydrogens is 258 g/mol. The Morgan fingerprint density at radius 2 is 1.95 bits per heavy atom. The zero-order valence-corrected chi connectivity index (χ0v) is 11.6. The molecule has 0 spiro atoms. The lowest BCUT2D eigenvalue weighted by Crippen LogP contribution is -2.48. The number of hydrogen-bond donors (Lipinski definition) is 2. The predicted molar refractivity (Wildman–Crippen MR) is 74.9 cm³/mol. The smallest absolute Gasteiger partial charge is 0.254 e. The van der Waals surface area contributed by atoms with Crippen molar-refractivity contribution in [1.29, 1.82) is 0 Å². The van der Waals surface area contributed by atoms with Gasteiger partial charge in [0.1, 0.15) is 0 Å². The maximum Gasteiger partial charge on any atom is 0.254 e. The van der Waals surface area contributed by atoms with Crippen LogP contribution in [0.3, 0.4) is 0 Å². The molecule has 1 aromatic carbocycles. The van der Waals surface area contributed by atoms with Crippen LogP contribution < -0.4 is 5.73 Å². The lowest BCUT2D eigenvalue weighted by molar-refractivity contribution is -0.0586. The summed E-state index contributed by atoms with van der Waals surface area (Å²) in [4.78, 5) is 14.2. The number of carbonyl (C=O) groups excluding carboxylic acids is 1. The van der Waals surface area contributed by atoms with Gasteiger partial charge in [-0.3, -0.25) is 4.79 Å². The summed E-state index contributed by atoms with van der Waals surface area (Å²) in [5.74, 6) is -0.0806. The Balaban J connectivity index is 2.20. The number of nitrogens with two attached hydrogens (primary N) is 1. The molecule has 108 valence electrons. The SMILES string of the molecule is C[C@@H]1CN(C(=O)c2cccc(/C(N)=N/O)c2)C[C@H](C)O1. The normalized spacial score (nSPS) is 23.7. The van der Waals surface area contributed by atoms with Gasteiger partial charge in [-0.1, -0.05) is 17.3 Å². The van der Waals surface area contributed by atoms with Gasteiger partial charge in [0.2, 0.25) is 0 Å². The number of ether oxygens (including phenoxy) is 1. The van der Waals surface area contributed by atoms with Crippen LogP contribution in [0.15, 0.2) is 29.4 Å². The van der Waals surface area contributed by atoms with Gasteiger partial charge < -0.3 is 20.6 Å². The second-order valence-electron chi connectivity index (χ2n) is 5.03. The van der Waals surface area contributed by atoms with Crippen LogP contribution in [-0.4, -0.2) is 47.1 Å². The maximum atomic E-state index is 12.5. The van der Waals surface area contributed by atoms with E-state index in [0.29, 0.717) is 24.2 Å². The maximum absolute atomic E-state index is 12.5. The standard InChI is InChI=1S/C14H19N3O3/c1-9-7-17(8-10(2)20-9)14(18)12-5-3-4-11(6-12)13(15)16-19/h3-6,9-10,19H,7-8H2,1-2H3,(H2,15,16)/t9-,10+. The highest BCUT2D eigenvalue weighted by Gasteiger charge is 2.26. The minimum atomic E-state index is -0.0698. The number of oxime groups is 1. The van der Waals surface area contributed by atoms with E-state index in [1.54, 1.807) is 29.2 Å². The molecule has 0 aliphatic carbocycles. The second kappa shape index (κ2) is 5.92. The summed E-state index contributed by atoms with van der Waals surface area (Å²) in [7, 11) is 0. The molecule has 2 rings (SSSR count). The molecule has 1 aromatic rings. The zero-order valence-electron chi connectivity index (χ0n) is 11.6. The number of rotatable bonds is 2. The van der Waals surface area contributed by atoms with E-state index in [1.807, 2.05) is 13.8 Å². The monoisotopic (exact) mass is 277 g/mol. The summed E-state index contributed by atoms with van der Waals surface area (Å²) in [6, 6.07) is 6.76. The van der Waals surface area contributed by atoms with Gasteiger partial charge >= 0.3 is 0 Å². The van der Waals surface area contributed by atoms with Crippen molar-refractivity contribution in [2.45, 2.75) is 26.1 Å². The van der Waals surface area contributed by atoms with Crippen LogP contribution in [0.1, 0.15) is 29.8 Å². The van der Waals surface area contributed by atoms with Crippen LogP contribution in [0.4, 0.5) is 0 Å². The van der Waals surface area contributed by atoms with Gasteiger partial charge in [-0.2, -0.15) is 0 Å². The average molecular weight is 277 g/mol. The Kier molecular flexibility index (Phi) is 4.24. The largest absolute Gasteiger partial charge is 0.409 e. The Morgan fingerprint density at radius 1 is 1.35 bits per heavy atom. The molecule has 1 heterocycles. The molecule has 2 atom stereocenters. The molecule has 1 amide bonds. The van der Waals surface area contributed by atoms with Gasteiger partial charge in [-0.25, -0.2) is 0 Å². The minimum Gasteiger partial charge on any atom is -0.409 e. The summed E-state index contributed by atoms with van der Waals surface area (Å²) in [5, 5.41) is 11.6. The quantitative estimate of drug-likeness (QED) is 0.366. The first kappa shape index (κ1) is 14.3. The highest BCUT2D eigenvalue weighted by molar-refractivity contribution is 6.01. The van der Waals surface area contributed by atoms with Gasteiger partial charge in [0.25, 0.3) is 5.91 Å². The van der Waals surface area contributed by atoms with Gasteiger partial charge in [-0.05, 0) is 26.0 Å². The van der Waals surface area contributed by atoms with Crippen molar-refractivity contribution >= 4 is 11.7 Å². The summed E-state index contributed by atoms with van der Waals surface area (Å²) < 4.78 is 5.62. The summed E-state index contributed by atoms with van der Waals surface area (Å²) in [6.07, 6.45) is 0.0462. The summed E-state index contributed by atoms with van der Waals surface area (Å²) >= 11 is 0. The fraction of sp³-hybridized carbons (Fsp3) is 0.429. The fourth-order valence-corrected chi connectivity index (χ4v) is 2.40. The van der Waals surface area contributed by atoms with E-state index in [2.05, 4.69) is 5.16 Å².